The Hall–Kier alpha value is -3.47. The molecule has 168 valence electrons. The van der Waals surface area contributed by atoms with Crippen LogP contribution in [0.2, 0.25) is 0 Å². The maximum atomic E-state index is 14.5. The lowest BCUT2D eigenvalue weighted by Crippen LogP contribution is -2.46. The third-order valence-corrected chi connectivity index (χ3v) is 6.84. The summed E-state index contributed by atoms with van der Waals surface area (Å²) in [5, 5.41) is 3.10. The largest absolute Gasteiger partial charge is 0.331 e. The molecule has 4 nitrogen and oxygen atoms in total. The van der Waals surface area contributed by atoms with Crippen molar-refractivity contribution in [3.63, 3.8) is 0 Å². The Kier molecular flexibility index (Phi) is 5.95. The van der Waals surface area contributed by atoms with Gasteiger partial charge >= 0.3 is 0 Å². The molecular weight excluding hydrogens is 415 g/mol. The number of hydrogen-bond acceptors (Lipinski definition) is 2. The minimum Gasteiger partial charge on any atom is -0.331 e. The van der Waals surface area contributed by atoms with Crippen molar-refractivity contribution in [2.24, 2.45) is 5.92 Å². The Morgan fingerprint density at radius 1 is 0.879 bits per heavy atom. The fourth-order valence-corrected chi connectivity index (χ4v) is 5.23. The zero-order valence-electron chi connectivity index (χ0n) is 18.5. The number of hydrogen-bond donors (Lipinski definition) is 1. The van der Waals surface area contributed by atoms with Crippen LogP contribution in [0.3, 0.4) is 0 Å². The molecule has 1 aliphatic carbocycles. The highest BCUT2D eigenvalue weighted by Gasteiger charge is 2.40. The number of carbonyl (C=O) groups is 2. The summed E-state index contributed by atoms with van der Waals surface area (Å²) in [6, 6.07) is 21.3. The second kappa shape index (κ2) is 9.18. The molecule has 0 saturated carbocycles. The van der Waals surface area contributed by atoms with Crippen LogP contribution in [0, 0.1) is 11.7 Å². The summed E-state index contributed by atoms with van der Waals surface area (Å²) in [5.74, 6) is -1.45. The molecule has 33 heavy (non-hydrogen) atoms. The van der Waals surface area contributed by atoms with Crippen molar-refractivity contribution in [3.8, 4) is 0 Å². The molecule has 2 atom stereocenters. The van der Waals surface area contributed by atoms with Gasteiger partial charge in [-0.05, 0) is 73.1 Å². The van der Waals surface area contributed by atoms with Crippen molar-refractivity contribution < 1.29 is 14.0 Å². The van der Waals surface area contributed by atoms with Gasteiger partial charge in [0, 0.05) is 12.2 Å². The number of carbonyl (C=O) groups excluding carboxylic acids is 2. The molecule has 1 fully saturated rings. The molecule has 5 rings (SSSR count). The second-order valence-electron chi connectivity index (χ2n) is 8.91. The van der Waals surface area contributed by atoms with Gasteiger partial charge in [0.2, 0.25) is 5.91 Å². The van der Waals surface area contributed by atoms with Crippen LogP contribution in [-0.2, 0) is 17.6 Å². The molecule has 3 aromatic rings. The number of benzene rings is 3. The smallest absolute Gasteiger partial charge is 0.257 e. The van der Waals surface area contributed by atoms with Crippen molar-refractivity contribution in [1.29, 1.82) is 0 Å². The van der Waals surface area contributed by atoms with Gasteiger partial charge in [-0.1, -0.05) is 48.5 Å². The van der Waals surface area contributed by atoms with E-state index in [1.54, 1.807) is 17.0 Å². The standard InChI is InChI=1S/C28H27FN2O2/c29-25-14-5-4-12-23(25)28(33)31-17-7-13-24(26(31)20-8-2-1-3-9-20)27(32)30-22-16-15-19-10-6-11-21(19)18-22/h1-5,8-9,12,14-16,18,24,26H,6-7,10-11,13,17H2,(H,30,32)/t24-,26-/m0/s1. The van der Waals surface area contributed by atoms with Gasteiger partial charge in [-0.15, -0.1) is 0 Å². The summed E-state index contributed by atoms with van der Waals surface area (Å²) in [6.45, 7) is 0.482. The summed E-state index contributed by atoms with van der Waals surface area (Å²) < 4.78 is 14.5. The average Bonchev–Trinajstić information content (AvgIpc) is 3.32. The molecule has 5 heteroatoms. The van der Waals surface area contributed by atoms with Crippen LogP contribution < -0.4 is 5.32 Å². The predicted octanol–water partition coefficient (Wildman–Crippen LogP) is 5.55. The number of nitrogens with zero attached hydrogens (tertiary/aromatic N) is 1. The highest BCUT2D eigenvalue weighted by Crippen LogP contribution is 2.38. The molecule has 1 aliphatic heterocycles. The quantitative estimate of drug-likeness (QED) is 0.576. The first-order valence-corrected chi connectivity index (χ1v) is 11.6. The summed E-state index contributed by atoms with van der Waals surface area (Å²) in [4.78, 5) is 28.6. The van der Waals surface area contributed by atoms with Gasteiger partial charge in [0.15, 0.2) is 0 Å². The zero-order chi connectivity index (χ0) is 22.8. The molecule has 0 spiro atoms. The lowest BCUT2D eigenvalue weighted by molar-refractivity contribution is -0.123. The number of aryl methyl sites for hydroxylation is 2. The summed E-state index contributed by atoms with van der Waals surface area (Å²) in [5.41, 5.74) is 4.38. The van der Waals surface area contributed by atoms with Crippen molar-refractivity contribution >= 4 is 17.5 Å². The van der Waals surface area contributed by atoms with E-state index in [0.29, 0.717) is 19.4 Å². The zero-order valence-corrected chi connectivity index (χ0v) is 18.5. The van der Waals surface area contributed by atoms with Gasteiger partial charge in [0.25, 0.3) is 5.91 Å². The average molecular weight is 443 g/mol. The second-order valence-corrected chi connectivity index (χ2v) is 8.91. The lowest BCUT2D eigenvalue weighted by Gasteiger charge is -2.41. The lowest BCUT2D eigenvalue weighted by atomic mass is 9.83. The molecule has 3 aromatic carbocycles. The van der Waals surface area contributed by atoms with E-state index < -0.39 is 17.8 Å². The Balaban J connectivity index is 1.46. The van der Waals surface area contributed by atoms with Crippen molar-refractivity contribution in [1.82, 2.24) is 4.90 Å². The maximum absolute atomic E-state index is 14.5. The van der Waals surface area contributed by atoms with E-state index >= 15 is 0 Å². The Bertz CT molecular complexity index is 1180. The number of rotatable bonds is 4. The third-order valence-electron chi connectivity index (χ3n) is 6.84. The first-order valence-electron chi connectivity index (χ1n) is 11.6. The molecule has 0 aromatic heterocycles. The van der Waals surface area contributed by atoms with Crippen molar-refractivity contribution in [2.75, 3.05) is 11.9 Å². The van der Waals surface area contributed by atoms with Gasteiger partial charge in [-0.2, -0.15) is 0 Å². The summed E-state index contributed by atoms with van der Waals surface area (Å²) in [7, 11) is 0. The number of likely N-dealkylation sites (tertiary alicyclic amines) is 1. The summed E-state index contributed by atoms with van der Waals surface area (Å²) in [6.07, 6.45) is 4.64. The van der Waals surface area contributed by atoms with E-state index in [9.17, 15) is 14.0 Å². The molecule has 2 aliphatic rings. The highest BCUT2D eigenvalue weighted by atomic mass is 19.1. The van der Waals surface area contributed by atoms with Crippen LogP contribution in [0.15, 0.2) is 72.8 Å². The van der Waals surface area contributed by atoms with Gasteiger partial charge in [0.05, 0.1) is 17.5 Å². The highest BCUT2D eigenvalue weighted by molar-refractivity contribution is 5.97. The van der Waals surface area contributed by atoms with E-state index in [1.165, 1.54) is 23.3 Å². The molecule has 0 unspecified atom stereocenters. The van der Waals surface area contributed by atoms with Crippen LogP contribution in [0.5, 0.6) is 0 Å². The minimum atomic E-state index is -0.543. The molecule has 2 amide bonds. The first-order chi connectivity index (χ1) is 16.1. The van der Waals surface area contributed by atoms with Gasteiger partial charge in [-0.25, -0.2) is 4.39 Å². The summed E-state index contributed by atoms with van der Waals surface area (Å²) >= 11 is 0. The van der Waals surface area contributed by atoms with Crippen molar-refractivity contribution in [2.45, 2.75) is 38.1 Å². The Morgan fingerprint density at radius 3 is 2.45 bits per heavy atom. The van der Waals surface area contributed by atoms with Crippen molar-refractivity contribution in [3.05, 3.63) is 101 Å². The van der Waals surface area contributed by atoms with E-state index in [0.717, 1.165) is 30.5 Å². The number of halogens is 1. The number of fused-ring (bicyclic) bond motifs is 1. The van der Waals surface area contributed by atoms with E-state index in [-0.39, 0.29) is 17.4 Å². The van der Waals surface area contributed by atoms with E-state index in [4.69, 9.17) is 0 Å². The predicted molar refractivity (Wildman–Crippen MR) is 126 cm³/mol. The molecule has 0 radical (unpaired) electrons. The molecule has 1 heterocycles. The Labute approximate surface area is 193 Å². The monoisotopic (exact) mass is 442 g/mol. The fourth-order valence-electron chi connectivity index (χ4n) is 5.23. The normalized spacial score (nSPS) is 19.7. The fraction of sp³-hybridized carbons (Fsp3) is 0.286. The Morgan fingerprint density at radius 2 is 1.64 bits per heavy atom. The van der Waals surface area contributed by atoms with Gasteiger partial charge < -0.3 is 10.2 Å². The van der Waals surface area contributed by atoms with E-state index in [2.05, 4.69) is 17.4 Å². The maximum Gasteiger partial charge on any atom is 0.257 e. The van der Waals surface area contributed by atoms with Crippen LogP contribution in [-0.4, -0.2) is 23.3 Å². The minimum absolute atomic E-state index is 0.0399. The van der Waals surface area contributed by atoms with Crippen LogP contribution in [0.1, 0.15) is 52.4 Å². The molecule has 1 N–H and O–H groups in total. The number of amides is 2. The molecular formula is C28H27FN2O2. The van der Waals surface area contributed by atoms with Gasteiger partial charge in [0.1, 0.15) is 5.82 Å². The first kappa shape index (κ1) is 21.4. The molecule has 1 saturated heterocycles. The number of nitrogens with one attached hydrogen (secondary N) is 1. The van der Waals surface area contributed by atoms with E-state index in [1.807, 2.05) is 36.4 Å². The number of piperidine rings is 1. The van der Waals surface area contributed by atoms with Crippen LogP contribution in [0.4, 0.5) is 10.1 Å². The topological polar surface area (TPSA) is 49.4 Å². The molecule has 0 bridgehead atoms. The number of anilines is 1. The van der Waals surface area contributed by atoms with Crippen LogP contribution >= 0.6 is 0 Å². The van der Waals surface area contributed by atoms with Crippen LogP contribution in [0.25, 0.3) is 0 Å². The SMILES string of the molecule is O=C(Nc1ccc2c(c1)CCC2)[C@H]1CCCN(C(=O)c2ccccc2F)[C@H]1c1ccccc1. The third kappa shape index (κ3) is 4.28. The van der Waals surface area contributed by atoms with Gasteiger partial charge in [-0.3, -0.25) is 9.59 Å².